The molecule has 1 aromatic heterocycles. The van der Waals surface area contributed by atoms with E-state index in [1.54, 1.807) is 36.1 Å². The third-order valence-electron chi connectivity index (χ3n) is 4.49. The molecule has 0 N–H and O–H groups in total. The van der Waals surface area contributed by atoms with E-state index in [0.29, 0.717) is 28.3 Å². The number of hydrogen-bond acceptors (Lipinski definition) is 6. The minimum Gasteiger partial charge on any atom is -0.466 e. The molecule has 1 atom stereocenters. The molecule has 0 bridgehead atoms. The average molecular weight is 430 g/mol. The molecule has 0 spiro atoms. The molecular weight excluding hydrogens is 413 g/mol. The van der Waals surface area contributed by atoms with Gasteiger partial charge in [-0.25, -0.2) is 9.98 Å². The van der Waals surface area contributed by atoms with Gasteiger partial charge < -0.3 is 9.64 Å². The van der Waals surface area contributed by atoms with Gasteiger partial charge in [-0.3, -0.25) is 4.79 Å². The maximum absolute atomic E-state index is 12.5. The van der Waals surface area contributed by atoms with Crippen LogP contribution in [-0.2, 0) is 9.53 Å². The van der Waals surface area contributed by atoms with Crippen molar-refractivity contribution >= 4 is 46.5 Å². The van der Waals surface area contributed by atoms with Crippen LogP contribution in [0.15, 0.2) is 60.1 Å². The van der Waals surface area contributed by atoms with Gasteiger partial charge in [0.15, 0.2) is 0 Å². The van der Waals surface area contributed by atoms with E-state index in [1.807, 2.05) is 29.2 Å². The maximum Gasteiger partial charge on any atom is 0.308 e. The predicted molar refractivity (Wildman–Crippen MR) is 112 cm³/mol. The molecule has 2 aromatic carbocycles. The largest absolute Gasteiger partial charge is 0.466 e. The maximum atomic E-state index is 12.5. The van der Waals surface area contributed by atoms with E-state index in [4.69, 9.17) is 32.9 Å². The van der Waals surface area contributed by atoms with Gasteiger partial charge >= 0.3 is 5.97 Å². The van der Waals surface area contributed by atoms with Crippen LogP contribution in [0.2, 0.25) is 10.0 Å². The van der Waals surface area contributed by atoms with Crippen LogP contribution in [0.5, 0.6) is 0 Å². The standard InChI is InChI=1S/C20H17Cl2N5O2/c1-2-29-19(28)10-18-16-9-14(22)5-8-17(16)25-20(26-12-23-11-24-26)27(18)15-6-3-13(21)4-7-15/h3-9,11-12,18H,2,10H2,1H3. The minimum atomic E-state index is -0.402. The summed E-state index contributed by atoms with van der Waals surface area (Å²) in [7, 11) is 0. The van der Waals surface area contributed by atoms with E-state index in [9.17, 15) is 4.79 Å². The second kappa shape index (κ2) is 8.23. The van der Waals surface area contributed by atoms with Crippen molar-refractivity contribution in [1.82, 2.24) is 14.8 Å². The molecule has 1 aliphatic rings. The summed E-state index contributed by atoms with van der Waals surface area (Å²) >= 11 is 12.3. The third kappa shape index (κ3) is 3.97. The SMILES string of the molecule is CCOC(=O)CC1c2cc(Cl)ccc2N=C(n2cncn2)N1c1ccc(Cl)cc1. The lowest BCUT2D eigenvalue weighted by atomic mass is 9.97. The number of nitrogens with zero attached hydrogens (tertiary/aromatic N) is 5. The fourth-order valence-corrected chi connectivity index (χ4v) is 3.59. The van der Waals surface area contributed by atoms with Crippen molar-refractivity contribution in [2.24, 2.45) is 4.99 Å². The molecule has 0 amide bonds. The van der Waals surface area contributed by atoms with Gasteiger partial charge in [-0.1, -0.05) is 23.2 Å². The van der Waals surface area contributed by atoms with Crippen molar-refractivity contribution in [2.75, 3.05) is 11.5 Å². The number of ether oxygens (including phenoxy) is 1. The van der Waals surface area contributed by atoms with Crippen LogP contribution in [0, 0.1) is 0 Å². The van der Waals surface area contributed by atoms with Crippen LogP contribution in [0.1, 0.15) is 24.9 Å². The molecular formula is C20H17Cl2N5O2. The summed E-state index contributed by atoms with van der Waals surface area (Å²) in [6.07, 6.45) is 3.10. The highest BCUT2D eigenvalue weighted by molar-refractivity contribution is 6.31. The molecule has 0 radical (unpaired) electrons. The summed E-state index contributed by atoms with van der Waals surface area (Å²) in [6, 6.07) is 12.3. The molecule has 9 heteroatoms. The lowest BCUT2D eigenvalue weighted by molar-refractivity contribution is -0.143. The summed E-state index contributed by atoms with van der Waals surface area (Å²) in [4.78, 5) is 23.2. The van der Waals surface area contributed by atoms with Crippen LogP contribution in [0.4, 0.5) is 11.4 Å². The fourth-order valence-electron chi connectivity index (χ4n) is 3.28. The molecule has 7 nitrogen and oxygen atoms in total. The second-order valence-electron chi connectivity index (χ2n) is 6.33. The predicted octanol–water partition coefficient (Wildman–Crippen LogP) is 4.64. The molecule has 1 unspecified atom stereocenters. The fraction of sp³-hybridized carbons (Fsp3) is 0.200. The van der Waals surface area contributed by atoms with Gasteiger partial charge in [0.1, 0.15) is 12.7 Å². The topological polar surface area (TPSA) is 72.6 Å². The first-order valence-electron chi connectivity index (χ1n) is 9.00. The highest BCUT2D eigenvalue weighted by Crippen LogP contribution is 2.41. The Morgan fingerprint density at radius 1 is 1.14 bits per heavy atom. The van der Waals surface area contributed by atoms with Crippen LogP contribution in [0.25, 0.3) is 0 Å². The van der Waals surface area contributed by atoms with Crippen LogP contribution in [-0.4, -0.2) is 33.3 Å². The smallest absolute Gasteiger partial charge is 0.308 e. The second-order valence-corrected chi connectivity index (χ2v) is 7.20. The highest BCUT2D eigenvalue weighted by atomic mass is 35.5. The number of halogens is 2. The zero-order valence-corrected chi connectivity index (χ0v) is 17.0. The molecule has 0 saturated heterocycles. The molecule has 29 heavy (non-hydrogen) atoms. The van der Waals surface area contributed by atoms with Crippen LogP contribution >= 0.6 is 23.2 Å². The molecule has 1 aliphatic heterocycles. The Kier molecular flexibility index (Phi) is 5.51. The quantitative estimate of drug-likeness (QED) is 0.564. The number of aromatic nitrogens is 3. The summed E-state index contributed by atoms with van der Waals surface area (Å²) in [5.74, 6) is 0.191. The zero-order chi connectivity index (χ0) is 20.4. The van der Waals surface area contributed by atoms with Crippen molar-refractivity contribution in [3.05, 3.63) is 70.7 Å². The number of anilines is 1. The van der Waals surface area contributed by atoms with Gasteiger partial charge in [-0.05, 0) is 49.4 Å². The Balaban J connectivity index is 1.90. The van der Waals surface area contributed by atoms with Crippen molar-refractivity contribution in [2.45, 2.75) is 19.4 Å². The van der Waals surface area contributed by atoms with Crippen molar-refractivity contribution in [3.8, 4) is 0 Å². The highest BCUT2D eigenvalue weighted by Gasteiger charge is 2.34. The van der Waals surface area contributed by atoms with Gasteiger partial charge in [0.2, 0.25) is 5.96 Å². The molecule has 4 rings (SSSR count). The molecule has 2 heterocycles. The zero-order valence-electron chi connectivity index (χ0n) is 15.5. The van der Waals surface area contributed by atoms with Crippen molar-refractivity contribution in [1.29, 1.82) is 0 Å². The lowest BCUT2D eigenvalue weighted by Gasteiger charge is -2.37. The Morgan fingerprint density at radius 3 is 2.59 bits per heavy atom. The number of rotatable bonds is 4. The van der Waals surface area contributed by atoms with Gasteiger partial charge in [0, 0.05) is 21.3 Å². The molecule has 0 aliphatic carbocycles. The van der Waals surface area contributed by atoms with E-state index < -0.39 is 6.04 Å². The van der Waals surface area contributed by atoms with Gasteiger partial charge in [0.25, 0.3) is 0 Å². The van der Waals surface area contributed by atoms with Crippen molar-refractivity contribution in [3.63, 3.8) is 0 Å². The van der Waals surface area contributed by atoms with E-state index in [2.05, 4.69) is 10.1 Å². The number of hydrogen-bond donors (Lipinski definition) is 0. The Morgan fingerprint density at radius 2 is 1.90 bits per heavy atom. The van der Waals surface area contributed by atoms with Gasteiger partial charge in [-0.15, -0.1) is 0 Å². The van der Waals surface area contributed by atoms with Gasteiger partial charge in [-0.2, -0.15) is 9.78 Å². The van der Waals surface area contributed by atoms with E-state index in [0.717, 1.165) is 11.3 Å². The number of esters is 1. The number of carbonyl (C=O) groups is 1. The normalized spacial score (nSPS) is 15.6. The molecule has 148 valence electrons. The number of fused-ring (bicyclic) bond motifs is 1. The monoisotopic (exact) mass is 429 g/mol. The van der Waals surface area contributed by atoms with E-state index >= 15 is 0 Å². The molecule has 0 saturated carbocycles. The summed E-state index contributed by atoms with van der Waals surface area (Å²) < 4.78 is 6.78. The Labute approximate surface area is 177 Å². The number of benzene rings is 2. The lowest BCUT2D eigenvalue weighted by Crippen LogP contribution is -2.42. The molecule has 0 fully saturated rings. The Bertz CT molecular complexity index is 1050. The average Bonchev–Trinajstić information content (AvgIpc) is 3.24. The summed E-state index contributed by atoms with van der Waals surface area (Å²) in [5, 5.41) is 5.41. The van der Waals surface area contributed by atoms with Crippen LogP contribution < -0.4 is 4.90 Å². The first-order chi connectivity index (χ1) is 14.1. The summed E-state index contributed by atoms with van der Waals surface area (Å²) in [5.41, 5.74) is 2.33. The third-order valence-corrected chi connectivity index (χ3v) is 4.98. The van der Waals surface area contributed by atoms with E-state index in [1.165, 1.54) is 6.33 Å². The number of carbonyl (C=O) groups excluding carboxylic acids is 1. The van der Waals surface area contributed by atoms with Gasteiger partial charge in [0.05, 0.1) is 24.8 Å². The van der Waals surface area contributed by atoms with E-state index in [-0.39, 0.29) is 12.4 Å². The van der Waals surface area contributed by atoms with Crippen molar-refractivity contribution < 1.29 is 9.53 Å². The minimum absolute atomic E-state index is 0.109. The van der Waals surface area contributed by atoms with Crippen LogP contribution in [0.3, 0.4) is 0 Å². The first-order valence-corrected chi connectivity index (χ1v) is 9.76. The summed E-state index contributed by atoms with van der Waals surface area (Å²) in [6.45, 7) is 2.09. The number of aliphatic imine (C=N–C) groups is 1. The first kappa shape index (κ1) is 19.4. The molecule has 3 aromatic rings. The Hall–Kier alpha value is -2.90.